The number of thioether (sulfide) groups is 1. The fourth-order valence-electron chi connectivity index (χ4n) is 1.55. The molecule has 1 aromatic carbocycles. The van der Waals surface area contributed by atoms with Gasteiger partial charge in [-0.1, -0.05) is 22.0 Å². The van der Waals surface area contributed by atoms with Gasteiger partial charge >= 0.3 is 5.51 Å². The molecule has 0 fully saturated rings. The summed E-state index contributed by atoms with van der Waals surface area (Å²) in [6.07, 6.45) is 1.34. The Kier molecular flexibility index (Phi) is 6.35. The van der Waals surface area contributed by atoms with Gasteiger partial charge in [0.2, 0.25) is 0 Å². The molecular formula is C12H14BrF3OS. The zero-order chi connectivity index (χ0) is 13.6. The van der Waals surface area contributed by atoms with E-state index in [1.807, 2.05) is 6.92 Å². The molecule has 1 rings (SSSR count). The number of halogens is 4. The van der Waals surface area contributed by atoms with E-state index >= 15 is 0 Å². The fourth-order valence-corrected chi connectivity index (χ4v) is 2.55. The summed E-state index contributed by atoms with van der Waals surface area (Å²) in [5.74, 6) is 0.549. The molecule has 1 nitrogen and oxygen atoms in total. The van der Waals surface area contributed by atoms with E-state index in [1.54, 1.807) is 12.1 Å². The van der Waals surface area contributed by atoms with Crippen molar-refractivity contribution in [2.24, 2.45) is 0 Å². The van der Waals surface area contributed by atoms with Gasteiger partial charge in [-0.25, -0.2) is 0 Å². The predicted molar refractivity (Wildman–Crippen MR) is 71.6 cm³/mol. The molecule has 102 valence electrons. The minimum absolute atomic E-state index is 0.0775. The average Bonchev–Trinajstić information content (AvgIpc) is 2.26. The zero-order valence-electron chi connectivity index (χ0n) is 9.89. The molecule has 0 spiro atoms. The van der Waals surface area contributed by atoms with Crippen molar-refractivity contribution < 1.29 is 17.9 Å². The van der Waals surface area contributed by atoms with Crippen molar-refractivity contribution in [1.82, 2.24) is 0 Å². The largest absolute Gasteiger partial charge is 0.494 e. The highest BCUT2D eigenvalue weighted by atomic mass is 79.9. The zero-order valence-corrected chi connectivity index (χ0v) is 12.3. The molecule has 0 aliphatic rings. The first kappa shape index (κ1) is 15.7. The number of hydrogen-bond acceptors (Lipinski definition) is 2. The summed E-state index contributed by atoms with van der Waals surface area (Å²) >= 11 is 3.21. The van der Waals surface area contributed by atoms with Crippen LogP contribution in [0.5, 0.6) is 5.75 Å². The Balaban J connectivity index is 3.02. The summed E-state index contributed by atoms with van der Waals surface area (Å²) in [4.78, 5) is 0.231. The quantitative estimate of drug-likeness (QED) is 0.530. The SMILES string of the molecule is CCOc1cccc(SC(F)(F)F)c1CCCBr. The molecule has 18 heavy (non-hydrogen) atoms. The Morgan fingerprint density at radius 3 is 2.61 bits per heavy atom. The molecule has 0 aliphatic heterocycles. The predicted octanol–water partition coefficient (Wildman–Crippen LogP) is 5.02. The molecule has 0 amide bonds. The van der Waals surface area contributed by atoms with Crippen molar-refractivity contribution in [3.8, 4) is 5.75 Å². The Morgan fingerprint density at radius 2 is 2.06 bits per heavy atom. The molecule has 0 N–H and O–H groups in total. The third-order valence-electron chi connectivity index (χ3n) is 2.18. The van der Waals surface area contributed by atoms with Gasteiger partial charge in [0.25, 0.3) is 0 Å². The van der Waals surface area contributed by atoms with Gasteiger partial charge in [0.05, 0.1) is 6.61 Å². The second kappa shape index (κ2) is 7.28. The first-order chi connectivity index (χ1) is 8.48. The van der Waals surface area contributed by atoms with E-state index in [9.17, 15) is 13.2 Å². The van der Waals surface area contributed by atoms with Gasteiger partial charge in [-0.15, -0.1) is 0 Å². The van der Waals surface area contributed by atoms with Crippen LogP contribution < -0.4 is 4.74 Å². The van der Waals surface area contributed by atoms with Gasteiger partial charge < -0.3 is 4.74 Å². The Hall–Kier alpha value is -0.360. The number of ether oxygens (including phenoxy) is 1. The second-order valence-corrected chi connectivity index (χ2v) is 5.41. The van der Waals surface area contributed by atoms with Crippen molar-refractivity contribution in [3.63, 3.8) is 0 Å². The number of rotatable bonds is 6. The van der Waals surface area contributed by atoms with Crippen LogP contribution in [0, 0.1) is 0 Å². The summed E-state index contributed by atoms with van der Waals surface area (Å²) in [6, 6.07) is 4.80. The van der Waals surface area contributed by atoms with Gasteiger partial charge in [0.15, 0.2) is 0 Å². The molecule has 0 bridgehead atoms. The summed E-state index contributed by atoms with van der Waals surface area (Å²) in [6.45, 7) is 2.26. The number of hydrogen-bond donors (Lipinski definition) is 0. The standard InChI is InChI=1S/C12H14BrF3OS/c1-2-17-10-6-3-7-11(18-12(14,15)16)9(10)5-4-8-13/h3,6-7H,2,4-5,8H2,1H3. The van der Waals surface area contributed by atoms with Crippen LogP contribution in [0.2, 0.25) is 0 Å². The van der Waals surface area contributed by atoms with E-state index in [4.69, 9.17) is 4.74 Å². The van der Waals surface area contributed by atoms with Crippen LogP contribution in [-0.2, 0) is 6.42 Å². The average molecular weight is 343 g/mol. The number of benzene rings is 1. The lowest BCUT2D eigenvalue weighted by Gasteiger charge is -2.15. The highest BCUT2D eigenvalue weighted by Gasteiger charge is 2.30. The minimum atomic E-state index is -4.27. The summed E-state index contributed by atoms with van der Waals surface area (Å²) in [5, 5.41) is 0.754. The van der Waals surface area contributed by atoms with Gasteiger partial charge in [0, 0.05) is 15.8 Å². The van der Waals surface area contributed by atoms with E-state index in [2.05, 4.69) is 15.9 Å². The lowest BCUT2D eigenvalue weighted by Crippen LogP contribution is -2.04. The van der Waals surface area contributed by atoms with Gasteiger partial charge in [-0.05, 0) is 43.7 Å². The Morgan fingerprint density at radius 1 is 1.33 bits per heavy atom. The van der Waals surface area contributed by atoms with E-state index in [-0.39, 0.29) is 16.7 Å². The van der Waals surface area contributed by atoms with Crippen LogP contribution in [0.4, 0.5) is 13.2 Å². The third-order valence-corrected chi connectivity index (χ3v) is 3.57. The van der Waals surface area contributed by atoms with Crippen molar-refractivity contribution in [2.45, 2.75) is 30.2 Å². The van der Waals surface area contributed by atoms with Crippen molar-refractivity contribution in [2.75, 3.05) is 11.9 Å². The lowest BCUT2D eigenvalue weighted by atomic mass is 10.1. The molecule has 0 saturated heterocycles. The molecule has 0 heterocycles. The van der Waals surface area contributed by atoms with Crippen LogP contribution in [0.1, 0.15) is 18.9 Å². The van der Waals surface area contributed by atoms with Crippen LogP contribution in [0.25, 0.3) is 0 Å². The maximum absolute atomic E-state index is 12.5. The van der Waals surface area contributed by atoms with E-state index in [0.29, 0.717) is 24.3 Å². The van der Waals surface area contributed by atoms with Crippen LogP contribution in [0.3, 0.4) is 0 Å². The monoisotopic (exact) mass is 342 g/mol. The topological polar surface area (TPSA) is 9.23 Å². The first-order valence-electron chi connectivity index (χ1n) is 5.54. The van der Waals surface area contributed by atoms with E-state index in [1.165, 1.54) is 6.07 Å². The van der Waals surface area contributed by atoms with E-state index < -0.39 is 5.51 Å². The Labute approximate surface area is 117 Å². The normalized spacial score (nSPS) is 11.6. The fraction of sp³-hybridized carbons (Fsp3) is 0.500. The summed E-state index contributed by atoms with van der Waals surface area (Å²) in [5.41, 5.74) is -3.63. The molecule has 6 heteroatoms. The van der Waals surface area contributed by atoms with Crippen LogP contribution in [-0.4, -0.2) is 17.4 Å². The third kappa shape index (κ3) is 5.10. The maximum atomic E-state index is 12.5. The van der Waals surface area contributed by atoms with Crippen molar-refractivity contribution in [1.29, 1.82) is 0 Å². The smallest absolute Gasteiger partial charge is 0.446 e. The lowest BCUT2D eigenvalue weighted by molar-refractivity contribution is -0.0328. The molecule has 0 unspecified atom stereocenters. The molecule has 0 atom stereocenters. The summed E-state index contributed by atoms with van der Waals surface area (Å²) in [7, 11) is 0. The number of alkyl halides is 4. The molecular weight excluding hydrogens is 329 g/mol. The molecule has 1 aromatic rings. The van der Waals surface area contributed by atoms with Crippen LogP contribution in [0.15, 0.2) is 23.1 Å². The maximum Gasteiger partial charge on any atom is 0.446 e. The highest BCUT2D eigenvalue weighted by molar-refractivity contribution is 9.09. The summed E-state index contributed by atoms with van der Waals surface area (Å²) < 4.78 is 42.8. The second-order valence-electron chi connectivity index (χ2n) is 3.51. The van der Waals surface area contributed by atoms with Crippen LogP contribution >= 0.6 is 27.7 Å². The highest BCUT2D eigenvalue weighted by Crippen LogP contribution is 2.41. The van der Waals surface area contributed by atoms with Gasteiger partial charge in [-0.2, -0.15) is 13.2 Å². The molecule has 0 aliphatic carbocycles. The Bertz CT molecular complexity index is 382. The molecule has 0 saturated carbocycles. The van der Waals surface area contributed by atoms with Gasteiger partial charge in [-0.3, -0.25) is 0 Å². The molecule has 0 aromatic heterocycles. The minimum Gasteiger partial charge on any atom is -0.494 e. The van der Waals surface area contributed by atoms with Crippen molar-refractivity contribution >= 4 is 27.7 Å². The molecule has 0 radical (unpaired) electrons. The first-order valence-corrected chi connectivity index (χ1v) is 7.48. The van der Waals surface area contributed by atoms with Crippen molar-refractivity contribution in [3.05, 3.63) is 23.8 Å². The van der Waals surface area contributed by atoms with Gasteiger partial charge in [0.1, 0.15) is 5.75 Å². The van der Waals surface area contributed by atoms with E-state index in [0.717, 1.165) is 11.8 Å².